The van der Waals surface area contributed by atoms with Crippen molar-refractivity contribution in [1.29, 1.82) is 0 Å². The summed E-state index contributed by atoms with van der Waals surface area (Å²) in [5.74, 6) is 1.52. The zero-order valence-electron chi connectivity index (χ0n) is 18.0. The lowest BCUT2D eigenvalue weighted by Crippen LogP contribution is -2.00. The first-order chi connectivity index (χ1) is 16.2. The van der Waals surface area contributed by atoms with Gasteiger partial charge < -0.3 is 9.47 Å². The first-order valence-electron chi connectivity index (χ1n) is 10.3. The second-order valence-corrected chi connectivity index (χ2v) is 8.52. The lowest BCUT2D eigenvalue weighted by molar-refractivity contribution is 0.416. The fourth-order valence-electron chi connectivity index (χ4n) is 3.68. The zero-order chi connectivity index (χ0) is 22.8. The van der Waals surface area contributed by atoms with Crippen molar-refractivity contribution in [3.8, 4) is 50.4 Å². The highest BCUT2D eigenvalue weighted by molar-refractivity contribution is 7.12. The summed E-state index contributed by atoms with van der Waals surface area (Å²) in [6, 6.07) is 25.4. The molecule has 0 amide bonds. The van der Waals surface area contributed by atoms with Crippen LogP contribution in [0.3, 0.4) is 0 Å². The third-order valence-corrected chi connectivity index (χ3v) is 6.36. The average molecular weight is 474 g/mol. The number of rotatable bonds is 6. The van der Waals surface area contributed by atoms with Gasteiger partial charge >= 0.3 is 0 Å². The van der Waals surface area contributed by atoms with Crippen LogP contribution in [0.2, 0.25) is 5.02 Å². The van der Waals surface area contributed by atoms with E-state index in [-0.39, 0.29) is 0 Å². The van der Waals surface area contributed by atoms with Gasteiger partial charge in [0.05, 0.1) is 31.3 Å². The van der Waals surface area contributed by atoms with Crippen molar-refractivity contribution in [3.05, 3.63) is 89.3 Å². The summed E-state index contributed by atoms with van der Waals surface area (Å²) in [5.41, 5.74) is 5.37. The fourth-order valence-corrected chi connectivity index (χ4v) is 4.60. The van der Waals surface area contributed by atoms with Gasteiger partial charge in [-0.25, -0.2) is 9.67 Å². The Morgan fingerprint density at radius 3 is 2.12 bits per heavy atom. The number of halogens is 1. The maximum absolute atomic E-state index is 6.05. The standard InChI is InChI=1S/C26H20ClN3O2S/c1-31-24-9-5-3-7-19(24)21-15-23(20-8-4-6-10-25(20)32-2)30(29-21)26-28-22(16-33-26)17-11-13-18(27)14-12-17/h3-16H,1-2H3. The molecule has 3 aromatic carbocycles. The quantitative estimate of drug-likeness (QED) is 0.266. The molecule has 0 aliphatic rings. The highest BCUT2D eigenvalue weighted by Crippen LogP contribution is 2.37. The Morgan fingerprint density at radius 1 is 0.788 bits per heavy atom. The monoisotopic (exact) mass is 473 g/mol. The maximum atomic E-state index is 6.05. The van der Waals surface area contributed by atoms with Crippen LogP contribution >= 0.6 is 22.9 Å². The second kappa shape index (κ2) is 9.10. The van der Waals surface area contributed by atoms with Crippen LogP contribution in [0.1, 0.15) is 0 Å². The van der Waals surface area contributed by atoms with Crippen LogP contribution in [0.25, 0.3) is 38.9 Å². The largest absolute Gasteiger partial charge is 0.496 e. The second-order valence-electron chi connectivity index (χ2n) is 7.25. The van der Waals surface area contributed by atoms with E-state index < -0.39 is 0 Å². The zero-order valence-corrected chi connectivity index (χ0v) is 19.6. The summed E-state index contributed by atoms with van der Waals surface area (Å²) in [6.45, 7) is 0. The lowest BCUT2D eigenvalue weighted by Gasteiger charge is -2.09. The first-order valence-corrected chi connectivity index (χ1v) is 11.5. The van der Waals surface area contributed by atoms with E-state index in [9.17, 15) is 0 Å². The summed E-state index contributed by atoms with van der Waals surface area (Å²) < 4.78 is 13.1. The molecule has 0 saturated heterocycles. The van der Waals surface area contributed by atoms with Crippen LogP contribution in [0, 0.1) is 0 Å². The minimum Gasteiger partial charge on any atom is -0.496 e. The third kappa shape index (κ3) is 4.11. The van der Waals surface area contributed by atoms with Crippen molar-refractivity contribution >= 4 is 22.9 Å². The number of hydrogen-bond acceptors (Lipinski definition) is 5. The Hall–Kier alpha value is -3.61. The summed E-state index contributed by atoms with van der Waals surface area (Å²) >= 11 is 7.58. The number of thiazole rings is 1. The number of hydrogen-bond donors (Lipinski definition) is 0. The predicted molar refractivity (Wildman–Crippen MR) is 134 cm³/mol. The third-order valence-electron chi connectivity index (χ3n) is 5.29. The van der Waals surface area contributed by atoms with E-state index in [0.717, 1.165) is 50.4 Å². The molecule has 5 aromatic rings. The minimum atomic E-state index is 0.696. The van der Waals surface area contributed by atoms with Crippen molar-refractivity contribution in [2.45, 2.75) is 0 Å². The predicted octanol–water partition coefficient (Wildman–Crippen LogP) is 7.00. The smallest absolute Gasteiger partial charge is 0.211 e. The van der Waals surface area contributed by atoms with Gasteiger partial charge in [0.15, 0.2) is 0 Å². The van der Waals surface area contributed by atoms with Gasteiger partial charge in [-0.15, -0.1) is 11.3 Å². The molecule has 33 heavy (non-hydrogen) atoms. The first kappa shape index (κ1) is 21.2. The van der Waals surface area contributed by atoms with Crippen molar-refractivity contribution in [3.63, 3.8) is 0 Å². The van der Waals surface area contributed by atoms with Crippen molar-refractivity contribution in [2.75, 3.05) is 14.2 Å². The Labute approximate surface area is 200 Å². The molecule has 0 radical (unpaired) electrons. The van der Waals surface area contributed by atoms with Crippen molar-refractivity contribution in [1.82, 2.24) is 14.8 Å². The van der Waals surface area contributed by atoms with Gasteiger partial charge in [-0.3, -0.25) is 0 Å². The van der Waals surface area contributed by atoms with Gasteiger partial charge in [-0.1, -0.05) is 48.0 Å². The average Bonchev–Trinajstić information content (AvgIpc) is 3.52. The highest BCUT2D eigenvalue weighted by Gasteiger charge is 2.20. The van der Waals surface area contributed by atoms with E-state index in [1.807, 2.05) is 88.9 Å². The molecular weight excluding hydrogens is 454 g/mol. The van der Waals surface area contributed by atoms with Crippen molar-refractivity contribution in [2.24, 2.45) is 0 Å². The molecule has 0 N–H and O–H groups in total. The Balaban J connectivity index is 1.68. The highest BCUT2D eigenvalue weighted by atomic mass is 35.5. The number of benzene rings is 3. The van der Waals surface area contributed by atoms with Crippen LogP contribution < -0.4 is 9.47 Å². The Bertz CT molecular complexity index is 1410. The van der Waals surface area contributed by atoms with Gasteiger partial charge in [0.1, 0.15) is 11.5 Å². The molecular formula is C26H20ClN3O2S. The molecule has 0 aliphatic carbocycles. The molecule has 5 rings (SSSR count). The van der Waals surface area contributed by atoms with Gasteiger partial charge in [-0.2, -0.15) is 5.10 Å². The summed E-state index contributed by atoms with van der Waals surface area (Å²) in [7, 11) is 3.33. The molecule has 7 heteroatoms. The van der Waals surface area contributed by atoms with Gasteiger partial charge in [0.2, 0.25) is 5.13 Å². The number of aromatic nitrogens is 3. The van der Waals surface area contributed by atoms with Crippen LogP contribution in [0.4, 0.5) is 0 Å². The number of para-hydroxylation sites is 2. The minimum absolute atomic E-state index is 0.696. The number of nitrogens with zero attached hydrogens (tertiary/aromatic N) is 3. The summed E-state index contributed by atoms with van der Waals surface area (Å²) in [5, 5.41) is 8.41. The molecule has 0 spiro atoms. The van der Waals surface area contributed by atoms with Crippen LogP contribution in [0.5, 0.6) is 11.5 Å². The SMILES string of the molecule is COc1ccccc1-c1cc(-c2ccccc2OC)n(-c2nc(-c3ccc(Cl)cc3)cs2)n1. The van der Waals surface area contributed by atoms with Gasteiger partial charge in [0, 0.05) is 27.1 Å². The topological polar surface area (TPSA) is 49.2 Å². The maximum Gasteiger partial charge on any atom is 0.211 e. The number of methoxy groups -OCH3 is 2. The van der Waals surface area contributed by atoms with Gasteiger partial charge in [-0.05, 0) is 42.5 Å². The van der Waals surface area contributed by atoms with Crippen LogP contribution in [-0.2, 0) is 0 Å². The number of ether oxygens (including phenoxy) is 2. The molecule has 0 saturated carbocycles. The molecule has 0 fully saturated rings. The summed E-state index contributed by atoms with van der Waals surface area (Å²) in [4.78, 5) is 4.88. The summed E-state index contributed by atoms with van der Waals surface area (Å²) in [6.07, 6.45) is 0. The molecule has 2 heterocycles. The Kier molecular flexibility index (Phi) is 5.86. The van der Waals surface area contributed by atoms with Crippen LogP contribution in [-0.4, -0.2) is 29.0 Å². The normalized spacial score (nSPS) is 10.9. The van der Waals surface area contributed by atoms with E-state index in [2.05, 4.69) is 0 Å². The molecule has 0 atom stereocenters. The van der Waals surface area contributed by atoms with E-state index >= 15 is 0 Å². The van der Waals surface area contributed by atoms with E-state index in [0.29, 0.717) is 5.02 Å². The van der Waals surface area contributed by atoms with E-state index in [1.165, 1.54) is 11.3 Å². The molecule has 0 aliphatic heterocycles. The van der Waals surface area contributed by atoms with Gasteiger partial charge in [0.25, 0.3) is 0 Å². The fraction of sp³-hybridized carbons (Fsp3) is 0.0769. The van der Waals surface area contributed by atoms with Crippen molar-refractivity contribution < 1.29 is 9.47 Å². The Morgan fingerprint density at radius 2 is 1.42 bits per heavy atom. The molecule has 2 aromatic heterocycles. The van der Waals surface area contributed by atoms with Crippen LogP contribution in [0.15, 0.2) is 84.2 Å². The lowest BCUT2D eigenvalue weighted by atomic mass is 10.1. The van der Waals surface area contributed by atoms with E-state index in [4.69, 9.17) is 31.2 Å². The molecule has 0 bridgehead atoms. The molecule has 164 valence electrons. The molecule has 5 nitrogen and oxygen atoms in total. The van der Waals surface area contributed by atoms with E-state index in [1.54, 1.807) is 14.2 Å². The molecule has 0 unspecified atom stereocenters.